The molecule has 0 aliphatic rings. The normalized spacial score (nSPS) is 11.3. The van der Waals surface area contributed by atoms with Gasteiger partial charge in [0.1, 0.15) is 5.75 Å². The molecule has 2 aromatic rings. The van der Waals surface area contributed by atoms with E-state index in [4.69, 9.17) is 0 Å². The standard InChI is InChI=1S/C11H13NO/c1-7(2)8-6-12-9-4-3-5-10(13)11(8)9/h3-7,12-13H,1-2H3. The number of aromatic hydroxyl groups is 1. The number of phenols is 1. The molecule has 13 heavy (non-hydrogen) atoms. The van der Waals surface area contributed by atoms with Gasteiger partial charge in [-0.05, 0) is 23.6 Å². The van der Waals surface area contributed by atoms with Crippen LogP contribution in [0.3, 0.4) is 0 Å². The molecule has 0 aliphatic carbocycles. The van der Waals surface area contributed by atoms with Crippen LogP contribution in [0.15, 0.2) is 24.4 Å². The van der Waals surface area contributed by atoms with Crippen molar-refractivity contribution in [3.05, 3.63) is 30.0 Å². The van der Waals surface area contributed by atoms with Crippen LogP contribution in [0, 0.1) is 0 Å². The molecule has 2 nitrogen and oxygen atoms in total. The van der Waals surface area contributed by atoms with Crippen molar-refractivity contribution in [3.63, 3.8) is 0 Å². The Kier molecular flexibility index (Phi) is 1.76. The number of hydrogen-bond acceptors (Lipinski definition) is 1. The Labute approximate surface area is 77.2 Å². The molecule has 1 heterocycles. The number of hydrogen-bond donors (Lipinski definition) is 2. The van der Waals surface area contributed by atoms with Crippen molar-refractivity contribution in [3.8, 4) is 5.75 Å². The topological polar surface area (TPSA) is 36.0 Å². The third kappa shape index (κ3) is 1.18. The van der Waals surface area contributed by atoms with Gasteiger partial charge in [-0.25, -0.2) is 0 Å². The maximum atomic E-state index is 9.67. The van der Waals surface area contributed by atoms with Crippen LogP contribution in [-0.2, 0) is 0 Å². The lowest BCUT2D eigenvalue weighted by Crippen LogP contribution is -1.83. The smallest absolute Gasteiger partial charge is 0.125 e. The first-order valence-electron chi connectivity index (χ1n) is 4.49. The highest BCUT2D eigenvalue weighted by Crippen LogP contribution is 2.31. The Hall–Kier alpha value is -1.44. The molecular formula is C11H13NO. The van der Waals surface area contributed by atoms with Crippen molar-refractivity contribution < 1.29 is 5.11 Å². The Bertz CT molecular complexity index is 429. The second-order valence-corrected chi connectivity index (χ2v) is 3.60. The van der Waals surface area contributed by atoms with Crippen molar-refractivity contribution in [2.75, 3.05) is 0 Å². The molecule has 0 amide bonds. The van der Waals surface area contributed by atoms with E-state index in [0.29, 0.717) is 11.7 Å². The van der Waals surface area contributed by atoms with E-state index >= 15 is 0 Å². The van der Waals surface area contributed by atoms with E-state index in [0.717, 1.165) is 10.9 Å². The average molecular weight is 175 g/mol. The van der Waals surface area contributed by atoms with Gasteiger partial charge in [0.05, 0.1) is 0 Å². The number of nitrogens with one attached hydrogen (secondary N) is 1. The van der Waals surface area contributed by atoms with Gasteiger partial charge in [-0.1, -0.05) is 19.9 Å². The highest BCUT2D eigenvalue weighted by molar-refractivity contribution is 5.89. The van der Waals surface area contributed by atoms with Gasteiger partial charge in [-0.2, -0.15) is 0 Å². The molecular weight excluding hydrogens is 162 g/mol. The van der Waals surface area contributed by atoms with E-state index in [-0.39, 0.29) is 0 Å². The molecule has 1 aromatic carbocycles. The van der Waals surface area contributed by atoms with Crippen LogP contribution >= 0.6 is 0 Å². The highest BCUT2D eigenvalue weighted by atomic mass is 16.3. The first-order chi connectivity index (χ1) is 6.20. The molecule has 2 heteroatoms. The van der Waals surface area contributed by atoms with E-state index in [1.165, 1.54) is 5.56 Å². The molecule has 2 rings (SSSR count). The molecule has 2 N–H and O–H groups in total. The van der Waals surface area contributed by atoms with Gasteiger partial charge < -0.3 is 10.1 Å². The maximum Gasteiger partial charge on any atom is 0.125 e. The predicted molar refractivity (Wildman–Crippen MR) is 54.1 cm³/mol. The van der Waals surface area contributed by atoms with Crippen LogP contribution in [0.2, 0.25) is 0 Å². The fraction of sp³-hybridized carbons (Fsp3) is 0.273. The van der Waals surface area contributed by atoms with Crippen molar-refractivity contribution in [1.82, 2.24) is 4.98 Å². The van der Waals surface area contributed by atoms with Crippen molar-refractivity contribution >= 4 is 10.9 Å². The van der Waals surface area contributed by atoms with E-state index in [2.05, 4.69) is 18.8 Å². The number of aromatic amines is 1. The summed E-state index contributed by atoms with van der Waals surface area (Å²) in [6.45, 7) is 4.24. The van der Waals surface area contributed by atoms with Crippen LogP contribution in [0.25, 0.3) is 10.9 Å². The zero-order valence-electron chi connectivity index (χ0n) is 7.83. The summed E-state index contributed by atoms with van der Waals surface area (Å²) in [7, 11) is 0. The van der Waals surface area contributed by atoms with Gasteiger partial charge in [0.2, 0.25) is 0 Å². The molecule has 0 spiro atoms. The Morgan fingerprint density at radius 3 is 2.77 bits per heavy atom. The Morgan fingerprint density at radius 2 is 2.08 bits per heavy atom. The molecule has 0 saturated carbocycles. The molecule has 1 aromatic heterocycles. The molecule has 0 aliphatic heterocycles. The first kappa shape index (κ1) is 8.17. The summed E-state index contributed by atoms with van der Waals surface area (Å²) in [5.74, 6) is 0.796. The van der Waals surface area contributed by atoms with Crippen LogP contribution < -0.4 is 0 Å². The van der Waals surface area contributed by atoms with E-state index < -0.39 is 0 Å². The summed E-state index contributed by atoms with van der Waals surface area (Å²) >= 11 is 0. The summed E-state index contributed by atoms with van der Waals surface area (Å²) in [6, 6.07) is 5.54. The van der Waals surface area contributed by atoms with Crippen LogP contribution in [0.4, 0.5) is 0 Å². The lowest BCUT2D eigenvalue weighted by atomic mass is 10.0. The molecule has 0 fully saturated rings. The summed E-state index contributed by atoms with van der Waals surface area (Å²) in [5, 5.41) is 10.6. The molecule has 0 atom stereocenters. The first-order valence-corrected chi connectivity index (χ1v) is 4.49. The van der Waals surface area contributed by atoms with Gasteiger partial charge in [-0.3, -0.25) is 0 Å². The number of rotatable bonds is 1. The summed E-state index contributed by atoms with van der Waals surface area (Å²) in [6.07, 6.45) is 1.97. The van der Waals surface area contributed by atoms with Gasteiger partial charge in [0.25, 0.3) is 0 Å². The van der Waals surface area contributed by atoms with Crippen LogP contribution in [-0.4, -0.2) is 10.1 Å². The minimum absolute atomic E-state index is 0.363. The molecule has 0 unspecified atom stereocenters. The number of fused-ring (bicyclic) bond motifs is 1. The van der Waals surface area contributed by atoms with Crippen LogP contribution in [0.5, 0.6) is 5.75 Å². The Morgan fingerprint density at radius 1 is 1.31 bits per heavy atom. The SMILES string of the molecule is CC(C)c1c[nH]c2cccc(O)c12. The van der Waals surface area contributed by atoms with Crippen molar-refractivity contribution in [2.24, 2.45) is 0 Å². The largest absolute Gasteiger partial charge is 0.507 e. The molecule has 0 bridgehead atoms. The lowest BCUT2D eigenvalue weighted by molar-refractivity contribution is 0.481. The number of H-pyrrole nitrogens is 1. The van der Waals surface area contributed by atoms with Gasteiger partial charge in [0, 0.05) is 17.1 Å². The second kappa shape index (κ2) is 2.80. The zero-order chi connectivity index (χ0) is 9.42. The predicted octanol–water partition coefficient (Wildman–Crippen LogP) is 3.00. The third-order valence-corrected chi connectivity index (χ3v) is 2.34. The fourth-order valence-electron chi connectivity index (χ4n) is 1.65. The monoisotopic (exact) mass is 175 g/mol. The average Bonchev–Trinajstić information content (AvgIpc) is 2.49. The quantitative estimate of drug-likeness (QED) is 0.686. The van der Waals surface area contributed by atoms with Gasteiger partial charge in [0.15, 0.2) is 0 Å². The van der Waals surface area contributed by atoms with E-state index in [1.807, 2.05) is 18.3 Å². The van der Waals surface area contributed by atoms with Gasteiger partial charge >= 0.3 is 0 Å². The lowest BCUT2D eigenvalue weighted by Gasteiger charge is -2.03. The third-order valence-electron chi connectivity index (χ3n) is 2.34. The number of aromatic nitrogens is 1. The molecule has 0 saturated heterocycles. The second-order valence-electron chi connectivity index (χ2n) is 3.60. The Balaban J connectivity index is 2.79. The van der Waals surface area contributed by atoms with E-state index in [1.54, 1.807) is 6.07 Å². The summed E-state index contributed by atoms with van der Waals surface area (Å²) in [4.78, 5) is 3.15. The number of benzene rings is 1. The minimum Gasteiger partial charge on any atom is -0.507 e. The summed E-state index contributed by atoms with van der Waals surface area (Å²) in [5.41, 5.74) is 2.18. The summed E-state index contributed by atoms with van der Waals surface area (Å²) < 4.78 is 0. The number of phenolic OH excluding ortho intramolecular Hbond substituents is 1. The van der Waals surface area contributed by atoms with Crippen molar-refractivity contribution in [2.45, 2.75) is 19.8 Å². The highest BCUT2D eigenvalue weighted by Gasteiger charge is 2.09. The molecule has 0 radical (unpaired) electrons. The van der Waals surface area contributed by atoms with E-state index in [9.17, 15) is 5.11 Å². The maximum absolute atomic E-state index is 9.67. The van der Waals surface area contributed by atoms with Crippen molar-refractivity contribution in [1.29, 1.82) is 0 Å². The fourth-order valence-corrected chi connectivity index (χ4v) is 1.65. The van der Waals surface area contributed by atoms with Gasteiger partial charge in [-0.15, -0.1) is 0 Å². The zero-order valence-corrected chi connectivity index (χ0v) is 7.83. The van der Waals surface area contributed by atoms with Crippen LogP contribution in [0.1, 0.15) is 25.3 Å². The minimum atomic E-state index is 0.363. The molecule has 68 valence electrons.